The Morgan fingerprint density at radius 1 is 1.24 bits per heavy atom. The van der Waals surface area contributed by atoms with Crippen LogP contribution in [0.5, 0.6) is 0 Å². The van der Waals surface area contributed by atoms with Crippen molar-refractivity contribution in [2.24, 2.45) is 11.1 Å². The number of hydrogen-bond acceptors (Lipinski definition) is 2. The SMILES string of the molecule is N[C@H]1CC[C@]2(CCN(Cc3ccccc3)C2)C1. The largest absolute Gasteiger partial charge is 0.328 e. The molecule has 1 saturated carbocycles. The van der Waals surface area contributed by atoms with E-state index in [0.29, 0.717) is 11.5 Å². The van der Waals surface area contributed by atoms with E-state index in [-0.39, 0.29) is 0 Å². The highest BCUT2D eigenvalue weighted by Crippen LogP contribution is 2.45. The first kappa shape index (κ1) is 11.2. The number of hydrogen-bond donors (Lipinski definition) is 1. The summed E-state index contributed by atoms with van der Waals surface area (Å²) in [4.78, 5) is 2.60. The number of likely N-dealkylation sites (tertiary alicyclic amines) is 1. The zero-order valence-electron chi connectivity index (χ0n) is 10.4. The fraction of sp³-hybridized carbons (Fsp3) is 0.600. The lowest BCUT2D eigenvalue weighted by molar-refractivity contribution is 0.254. The van der Waals surface area contributed by atoms with E-state index in [1.807, 2.05) is 0 Å². The second-order valence-electron chi connectivity index (χ2n) is 5.95. The molecule has 1 spiro atoms. The summed E-state index contributed by atoms with van der Waals surface area (Å²) >= 11 is 0. The van der Waals surface area contributed by atoms with Gasteiger partial charge in [0.05, 0.1) is 0 Å². The second kappa shape index (κ2) is 4.43. The molecule has 0 radical (unpaired) electrons. The summed E-state index contributed by atoms with van der Waals surface area (Å²) in [5.41, 5.74) is 8.07. The zero-order chi connectivity index (χ0) is 11.7. The van der Waals surface area contributed by atoms with Gasteiger partial charge in [0.25, 0.3) is 0 Å². The summed E-state index contributed by atoms with van der Waals surface area (Å²) in [5, 5.41) is 0. The molecule has 1 aromatic rings. The Bertz CT molecular complexity index is 376. The number of nitrogens with two attached hydrogens (primary N) is 1. The predicted molar refractivity (Wildman–Crippen MR) is 70.6 cm³/mol. The minimum absolute atomic E-state index is 0.465. The first-order valence-corrected chi connectivity index (χ1v) is 6.78. The standard InChI is InChI=1S/C15H22N2/c16-14-6-7-15(10-14)8-9-17(12-15)11-13-4-2-1-3-5-13/h1-5,14H,6-12,16H2/t14-,15-/m0/s1. The molecule has 1 saturated heterocycles. The van der Waals surface area contributed by atoms with E-state index in [9.17, 15) is 0 Å². The van der Waals surface area contributed by atoms with E-state index in [1.165, 1.54) is 44.3 Å². The van der Waals surface area contributed by atoms with Crippen LogP contribution in [0.2, 0.25) is 0 Å². The number of nitrogens with zero attached hydrogens (tertiary/aromatic N) is 1. The van der Waals surface area contributed by atoms with Crippen LogP contribution in [0.1, 0.15) is 31.2 Å². The van der Waals surface area contributed by atoms with Crippen molar-refractivity contribution in [3.05, 3.63) is 35.9 Å². The maximum absolute atomic E-state index is 6.07. The molecule has 1 aliphatic carbocycles. The molecule has 0 bridgehead atoms. The molecule has 0 amide bonds. The van der Waals surface area contributed by atoms with E-state index in [1.54, 1.807) is 0 Å². The highest BCUT2D eigenvalue weighted by Gasteiger charge is 2.42. The predicted octanol–water partition coefficient (Wildman–Crippen LogP) is 2.39. The van der Waals surface area contributed by atoms with Gasteiger partial charge in [-0.2, -0.15) is 0 Å². The Balaban J connectivity index is 1.61. The van der Waals surface area contributed by atoms with E-state index in [4.69, 9.17) is 5.73 Å². The maximum Gasteiger partial charge on any atom is 0.0233 e. The van der Waals surface area contributed by atoms with Crippen LogP contribution in [0.15, 0.2) is 30.3 Å². The molecule has 0 aromatic heterocycles. The molecular weight excluding hydrogens is 208 g/mol. The third-order valence-electron chi connectivity index (χ3n) is 4.51. The van der Waals surface area contributed by atoms with Crippen molar-refractivity contribution in [2.75, 3.05) is 13.1 Å². The summed E-state index contributed by atoms with van der Waals surface area (Å²) in [6.45, 7) is 3.62. The van der Waals surface area contributed by atoms with Gasteiger partial charge in [-0.15, -0.1) is 0 Å². The highest BCUT2D eigenvalue weighted by atomic mass is 15.2. The Kier molecular flexibility index (Phi) is 2.93. The molecule has 2 atom stereocenters. The lowest BCUT2D eigenvalue weighted by atomic mass is 9.85. The fourth-order valence-electron chi connectivity index (χ4n) is 3.63. The molecule has 92 valence electrons. The van der Waals surface area contributed by atoms with Gasteiger partial charge in [-0.05, 0) is 43.2 Å². The first-order valence-electron chi connectivity index (χ1n) is 6.78. The van der Waals surface area contributed by atoms with E-state index in [2.05, 4.69) is 35.2 Å². The third kappa shape index (κ3) is 2.38. The summed E-state index contributed by atoms with van der Waals surface area (Å²) < 4.78 is 0. The summed E-state index contributed by atoms with van der Waals surface area (Å²) in [5.74, 6) is 0. The summed E-state index contributed by atoms with van der Waals surface area (Å²) in [6.07, 6.45) is 5.18. The average molecular weight is 230 g/mol. The zero-order valence-corrected chi connectivity index (χ0v) is 10.4. The summed E-state index contributed by atoms with van der Waals surface area (Å²) in [7, 11) is 0. The van der Waals surface area contributed by atoms with Gasteiger partial charge in [-0.3, -0.25) is 4.90 Å². The van der Waals surface area contributed by atoms with Crippen molar-refractivity contribution < 1.29 is 0 Å². The molecule has 0 unspecified atom stereocenters. The van der Waals surface area contributed by atoms with Crippen LogP contribution in [0, 0.1) is 5.41 Å². The smallest absolute Gasteiger partial charge is 0.0233 e. The number of rotatable bonds is 2. The molecule has 1 heterocycles. The van der Waals surface area contributed by atoms with Crippen LogP contribution >= 0.6 is 0 Å². The average Bonchev–Trinajstić information content (AvgIpc) is 2.88. The van der Waals surface area contributed by atoms with Crippen molar-refractivity contribution in [3.63, 3.8) is 0 Å². The van der Waals surface area contributed by atoms with Gasteiger partial charge in [0, 0.05) is 19.1 Å². The third-order valence-corrected chi connectivity index (χ3v) is 4.51. The van der Waals surface area contributed by atoms with Gasteiger partial charge >= 0.3 is 0 Å². The van der Waals surface area contributed by atoms with Gasteiger partial charge in [-0.25, -0.2) is 0 Å². The minimum Gasteiger partial charge on any atom is -0.328 e. The Morgan fingerprint density at radius 2 is 2.06 bits per heavy atom. The van der Waals surface area contributed by atoms with Crippen molar-refractivity contribution in [2.45, 2.75) is 38.3 Å². The normalized spacial score (nSPS) is 33.6. The van der Waals surface area contributed by atoms with Crippen LogP contribution in [0.25, 0.3) is 0 Å². The molecule has 1 aliphatic heterocycles. The van der Waals surface area contributed by atoms with Crippen LogP contribution in [0.4, 0.5) is 0 Å². The lowest BCUT2D eigenvalue weighted by Crippen LogP contribution is -2.26. The molecule has 1 aromatic carbocycles. The molecule has 2 fully saturated rings. The first-order chi connectivity index (χ1) is 8.26. The van der Waals surface area contributed by atoms with Crippen molar-refractivity contribution in [3.8, 4) is 0 Å². The maximum atomic E-state index is 6.07. The monoisotopic (exact) mass is 230 g/mol. The fourth-order valence-corrected chi connectivity index (χ4v) is 3.63. The Labute approximate surface area is 104 Å². The molecular formula is C15H22N2. The lowest BCUT2D eigenvalue weighted by Gasteiger charge is -2.24. The van der Waals surface area contributed by atoms with Gasteiger partial charge in [-0.1, -0.05) is 30.3 Å². The van der Waals surface area contributed by atoms with Gasteiger partial charge in [0.2, 0.25) is 0 Å². The van der Waals surface area contributed by atoms with Crippen LogP contribution in [-0.4, -0.2) is 24.0 Å². The molecule has 2 N–H and O–H groups in total. The molecule has 2 heteroatoms. The van der Waals surface area contributed by atoms with Crippen LogP contribution in [-0.2, 0) is 6.54 Å². The van der Waals surface area contributed by atoms with Crippen molar-refractivity contribution in [1.82, 2.24) is 4.90 Å². The minimum atomic E-state index is 0.465. The van der Waals surface area contributed by atoms with Gasteiger partial charge < -0.3 is 5.73 Å². The van der Waals surface area contributed by atoms with Crippen LogP contribution in [0.3, 0.4) is 0 Å². The van der Waals surface area contributed by atoms with Crippen molar-refractivity contribution in [1.29, 1.82) is 0 Å². The second-order valence-corrected chi connectivity index (χ2v) is 5.95. The molecule has 17 heavy (non-hydrogen) atoms. The van der Waals surface area contributed by atoms with Crippen molar-refractivity contribution >= 4 is 0 Å². The molecule has 3 rings (SSSR count). The van der Waals surface area contributed by atoms with Gasteiger partial charge in [0.15, 0.2) is 0 Å². The van der Waals surface area contributed by atoms with E-state index < -0.39 is 0 Å². The van der Waals surface area contributed by atoms with Gasteiger partial charge in [0.1, 0.15) is 0 Å². The van der Waals surface area contributed by atoms with Crippen LogP contribution < -0.4 is 5.73 Å². The summed E-state index contributed by atoms with van der Waals surface area (Å²) in [6, 6.07) is 11.3. The van der Waals surface area contributed by atoms with E-state index >= 15 is 0 Å². The topological polar surface area (TPSA) is 29.3 Å². The highest BCUT2D eigenvalue weighted by molar-refractivity contribution is 5.15. The Hall–Kier alpha value is -0.860. The molecule has 2 nitrogen and oxygen atoms in total. The molecule has 2 aliphatic rings. The quantitative estimate of drug-likeness (QED) is 0.845. The van der Waals surface area contributed by atoms with E-state index in [0.717, 1.165) is 6.54 Å². The number of benzene rings is 1. The Morgan fingerprint density at radius 3 is 2.76 bits per heavy atom.